The average molecular weight is 388 g/mol. The van der Waals surface area contributed by atoms with Gasteiger partial charge < -0.3 is 5.32 Å². The van der Waals surface area contributed by atoms with E-state index in [1.54, 1.807) is 48.5 Å². The lowest BCUT2D eigenvalue weighted by Crippen LogP contribution is -2.16. The maximum absolute atomic E-state index is 13.1. The number of hydrogen-bond donors (Lipinski definition) is 1. The first-order valence-electron chi connectivity index (χ1n) is 8.07. The Morgan fingerprint density at radius 2 is 1.38 bits per heavy atom. The zero-order valence-electron chi connectivity index (χ0n) is 13.8. The molecule has 0 saturated heterocycles. The molecule has 132 valence electrons. The fourth-order valence-electron chi connectivity index (χ4n) is 2.63. The van der Waals surface area contributed by atoms with E-state index in [1.165, 1.54) is 12.1 Å². The number of Topliss-reactive ketones (excluding diaryl/α,β-unsaturated/α-hetero) is 1. The highest BCUT2D eigenvalue weighted by molar-refractivity contribution is 6.30. The number of carbonyl (C=O) groups excluding carboxylic acids is 1. The third-order valence-corrected chi connectivity index (χ3v) is 4.52. The summed E-state index contributed by atoms with van der Waals surface area (Å²) < 4.78 is 13.1. The Kier molecular flexibility index (Phi) is 5.92. The minimum atomic E-state index is -0.309. The molecule has 0 aliphatic carbocycles. The van der Waals surface area contributed by atoms with E-state index in [2.05, 4.69) is 5.32 Å². The van der Waals surface area contributed by atoms with E-state index in [0.717, 1.165) is 11.3 Å². The van der Waals surface area contributed by atoms with Crippen molar-refractivity contribution in [1.82, 2.24) is 0 Å². The van der Waals surface area contributed by atoms with Gasteiger partial charge in [0.15, 0.2) is 5.78 Å². The Bertz CT molecular complexity index is 877. The van der Waals surface area contributed by atoms with Crippen molar-refractivity contribution >= 4 is 34.7 Å². The third kappa shape index (κ3) is 4.84. The van der Waals surface area contributed by atoms with Crippen LogP contribution in [-0.4, -0.2) is 5.78 Å². The number of anilines is 1. The fraction of sp³-hybridized carbons (Fsp3) is 0.0952. The molecule has 3 aromatic rings. The zero-order chi connectivity index (χ0) is 18.5. The predicted octanol–water partition coefficient (Wildman–Crippen LogP) is 6.56. The Labute approximate surface area is 161 Å². The highest BCUT2D eigenvalue weighted by Gasteiger charge is 2.17. The number of rotatable bonds is 6. The molecular weight excluding hydrogens is 372 g/mol. The molecular formula is C21H16Cl2FNO. The van der Waals surface area contributed by atoms with E-state index in [1.807, 2.05) is 12.1 Å². The van der Waals surface area contributed by atoms with Crippen molar-refractivity contribution in [2.24, 2.45) is 0 Å². The van der Waals surface area contributed by atoms with E-state index in [9.17, 15) is 9.18 Å². The van der Waals surface area contributed by atoms with Crippen LogP contribution in [-0.2, 0) is 0 Å². The van der Waals surface area contributed by atoms with Crippen molar-refractivity contribution in [1.29, 1.82) is 0 Å². The van der Waals surface area contributed by atoms with Gasteiger partial charge in [-0.05, 0) is 66.2 Å². The number of halogens is 3. The molecule has 2 nitrogen and oxygen atoms in total. The van der Waals surface area contributed by atoms with Gasteiger partial charge in [-0.25, -0.2) is 4.39 Å². The lowest BCUT2D eigenvalue weighted by Gasteiger charge is -2.20. The van der Waals surface area contributed by atoms with Gasteiger partial charge in [-0.3, -0.25) is 4.79 Å². The van der Waals surface area contributed by atoms with E-state index in [0.29, 0.717) is 15.6 Å². The predicted molar refractivity (Wildman–Crippen MR) is 105 cm³/mol. The van der Waals surface area contributed by atoms with E-state index in [-0.39, 0.29) is 24.1 Å². The number of hydrogen-bond acceptors (Lipinski definition) is 2. The molecule has 0 bridgehead atoms. The highest BCUT2D eigenvalue weighted by atomic mass is 35.5. The number of benzene rings is 3. The lowest BCUT2D eigenvalue weighted by atomic mass is 9.97. The van der Waals surface area contributed by atoms with Crippen LogP contribution >= 0.6 is 23.2 Å². The lowest BCUT2D eigenvalue weighted by molar-refractivity contribution is 0.0976. The molecule has 0 saturated carbocycles. The van der Waals surface area contributed by atoms with Gasteiger partial charge in [0.25, 0.3) is 0 Å². The van der Waals surface area contributed by atoms with Crippen molar-refractivity contribution in [3.05, 3.63) is 99.8 Å². The Morgan fingerprint density at radius 1 is 0.846 bits per heavy atom. The molecule has 0 radical (unpaired) electrons. The van der Waals surface area contributed by atoms with Crippen LogP contribution in [0.3, 0.4) is 0 Å². The topological polar surface area (TPSA) is 29.1 Å². The Balaban J connectivity index is 1.84. The van der Waals surface area contributed by atoms with Gasteiger partial charge in [0, 0.05) is 27.7 Å². The summed E-state index contributed by atoms with van der Waals surface area (Å²) in [5, 5.41) is 4.50. The fourth-order valence-corrected chi connectivity index (χ4v) is 2.89. The monoisotopic (exact) mass is 387 g/mol. The van der Waals surface area contributed by atoms with Crippen molar-refractivity contribution in [2.75, 3.05) is 5.32 Å². The average Bonchev–Trinajstić information content (AvgIpc) is 2.64. The molecule has 0 amide bonds. The van der Waals surface area contributed by atoms with Crippen LogP contribution in [0.2, 0.25) is 10.0 Å². The van der Waals surface area contributed by atoms with E-state index >= 15 is 0 Å². The largest absolute Gasteiger partial charge is 0.378 e. The second-order valence-electron chi connectivity index (χ2n) is 5.89. The van der Waals surface area contributed by atoms with Gasteiger partial charge in [-0.1, -0.05) is 35.3 Å². The second kappa shape index (κ2) is 8.35. The molecule has 0 heterocycles. The van der Waals surface area contributed by atoms with Crippen molar-refractivity contribution in [2.45, 2.75) is 12.5 Å². The quantitative estimate of drug-likeness (QED) is 0.485. The molecule has 0 spiro atoms. The number of ketones is 1. The van der Waals surface area contributed by atoms with Crippen molar-refractivity contribution in [3.63, 3.8) is 0 Å². The van der Waals surface area contributed by atoms with Gasteiger partial charge in [-0.15, -0.1) is 0 Å². The molecule has 0 unspecified atom stereocenters. The summed E-state index contributed by atoms with van der Waals surface area (Å²) in [7, 11) is 0. The smallest absolute Gasteiger partial charge is 0.165 e. The first-order valence-corrected chi connectivity index (χ1v) is 8.83. The number of nitrogens with one attached hydrogen (secondary N) is 1. The molecule has 3 aromatic carbocycles. The van der Waals surface area contributed by atoms with Gasteiger partial charge in [-0.2, -0.15) is 0 Å². The van der Waals surface area contributed by atoms with E-state index < -0.39 is 0 Å². The number of carbonyl (C=O) groups is 1. The molecule has 1 atom stereocenters. The highest BCUT2D eigenvalue weighted by Crippen LogP contribution is 2.26. The standard InChI is InChI=1S/C21H16Cl2FNO/c22-16-5-1-14(2-6-16)20(25-19-11-9-18(24)10-12-19)13-21(26)15-3-7-17(23)8-4-15/h1-12,20,25H,13H2/t20-/m0/s1. The van der Waals surface area contributed by atoms with Gasteiger partial charge in [0.1, 0.15) is 5.82 Å². The van der Waals surface area contributed by atoms with E-state index in [4.69, 9.17) is 23.2 Å². The minimum absolute atomic E-state index is 0.0174. The second-order valence-corrected chi connectivity index (χ2v) is 6.76. The van der Waals surface area contributed by atoms with Crippen LogP contribution in [0, 0.1) is 5.82 Å². The van der Waals surface area contributed by atoms with Crippen molar-refractivity contribution in [3.8, 4) is 0 Å². The summed E-state index contributed by atoms with van der Waals surface area (Å²) in [5.74, 6) is -0.327. The van der Waals surface area contributed by atoms with Crippen LogP contribution in [0.15, 0.2) is 72.8 Å². The zero-order valence-corrected chi connectivity index (χ0v) is 15.3. The van der Waals surface area contributed by atoms with Crippen molar-refractivity contribution < 1.29 is 9.18 Å². The Morgan fingerprint density at radius 3 is 1.96 bits per heavy atom. The molecule has 0 aliphatic rings. The summed E-state index contributed by atoms with van der Waals surface area (Å²) in [4.78, 5) is 12.7. The maximum Gasteiger partial charge on any atom is 0.165 e. The maximum atomic E-state index is 13.1. The SMILES string of the molecule is O=C(C[C@H](Nc1ccc(F)cc1)c1ccc(Cl)cc1)c1ccc(Cl)cc1. The summed E-state index contributed by atoms with van der Waals surface area (Å²) >= 11 is 11.9. The molecule has 1 N–H and O–H groups in total. The molecule has 3 rings (SSSR count). The van der Waals surface area contributed by atoms with Crippen LogP contribution in [0.1, 0.15) is 28.4 Å². The Hall–Kier alpha value is -2.36. The first-order chi connectivity index (χ1) is 12.5. The normalized spacial score (nSPS) is 11.8. The molecule has 0 aliphatic heterocycles. The van der Waals surface area contributed by atoms with Gasteiger partial charge in [0.2, 0.25) is 0 Å². The third-order valence-electron chi connectivity index (χ3n) is 4.01. The van der Waals surface area contributed by atoms with Crippen LogP contribution in [0.25, 0.3) is 0 Å². The molecule has 26 heavy (non-hydrogen) atoms. The molecule has 0 fully saturated rings. The molecule has 5 heteroatoms. The van der Waals surface area contributed by atoms with Crippen LogP contribution in [0.5, 0.6) is 0 Å². The summed E-state index contributed by atoms with van der Waals surface area (Å²) in [6.45, 7) is 0. The summed E-state index contributed by atoms with van der Waals surface area (Å²) in [6, 6.07) is 19.9. The summed E-state index contributed by atoms with van der Waals surface area (Å²) in [5.41, 5.74) is 2.24. The van der Waals surface area contributed by atoms with Crippen LogP contribution < -0.4 is 5.32 Å². The van der Waals surface area contributed by atoms with Gasteiger partial charge in [0.05, 0.1) is 6.04 Å². The summed E-state index contributed by atoms with van der Waals surface area (Å²) in [6.07, 6.45) is 0.237. The minimum Gasteiger partial charge on any atom is -0.378 e. The molecule has 0 aromatic heterocycles. The van der Waals surface area contributed by atoms with Gasteiger partial charge >= 0.3 is 0 Å². The van der Waals surface area contributed by atoms with Crippen LogP contribution in [0.4, 0.5) is 10.1 Å². The first kappa shape index (κ1) is 18.4.